The fourth-order valence-corrected chi connectivity index (χ4v) is 3.29. The van der Waals surface area contributed by atoms with Crippen molar-refractivity contribution < 1.29 is 14.7 Å². The van der Waals surface area contributed by atoms with E-state index in [9.17, 15) is 9.59 Å². The van der Waals surface area contributed by atoms with E-state index in [1.54, 1.807) is 17.0 Å². The molecule has 1 aliphatic heterocycles. The molecule has 0 aromatic heterocycles. The predicted octanol–water partition coefficient (Wildman–Crippen LogP) is 2.11. The van der Waals surface area contributed by atoms with Crippen LogP contribution in [0.3, 0.4) is 0 Å². The maximum Gasteiger partial charge on any atom is 0.306 e. The number of hydrogen-bond donors (Lipinski definition) is 1. The highest BCUT2D eigenvalue weighted by Crippen LogP contribution is 2.19. The molecule has 1 aliphatic rings. The van der Waals surface area contributed by atoms with Crippen molar-refractivity contribution in [3.8, 4) is 6.07 Å². The molecule has 6 heteroatoms. The zero-order chi connectivity index (χ0) is 15.9. The summed E-state index contributed by atoms with van der Waals surface area (Å²) in [5, 5.41) is 17.7. The van der Waals surface area contributed by atoms with E-state index in [4.69, 9.17) is 10.4 Å². The second-order valence-corrected chi connectivity index (χ2v) is 6.28. The van der Waals surface area contributed by atoms with Crippen molar-refractivity contribution >= 4 is 23.6 Å². The number of carboxylic acids is 1. The van der Waals surface area contributed by atoms with E-state index in [0.717, 1.165) is 11.3 Å². The number of rotatable bonds is 5. The molecule has 2 rings (SSSR count). The normalized spacial score (nSPS) is 15.3. The van der Waals surface area contributed by atoms with Crippen LogP contribution in [0.1, 0.15) is 24.0 Å². The number of carbonyl (C=O) groups is 2. The average molecular weight is 318 g/mol. The van der Waals surface area contributed by atoms with Gasteiger partial charge in [0.15, 0.2) is 0 Å². The van der Waals surface area contributed by atoms with Crippen LogP contribution in [0.2, 0.25) is 0 Å². The Bertz CT molecular complexity index is 572. The lowest BCUT2D eigenvalue weighted by atomic mass is 9.97. The van der Waals surface area contributed by atoms with Crippen LogP contribution in [0, 0.1) is 17.2 Å². The summed E-state index contributed by atoms with van der Waals surface area (Å²) in [7, 11) is 0. The fourth-order valence-electron chi connectivity index (χ4n) is 2.40. The Labute approximate surface area is 133 Å². The summed E-state index contributed by atoms with van der Waals surface area (Å²) in [6.45, 7) is 1.07. The van der Waals surface area contributed by atoms with E-state index in [0.29, 0.717) is 37.2 Å². The van der Waals surface area contributed by atoms with Crippen LogP contribution < -0.4 is 0 Å². The fraction of sp³-hybridized carbons (Fsp3) is 0.438. The zero-order valence-electron chi connectivity index (χ0n) is 12.2. The number of carboxylic acid groups (broad SMARTS) is 1. The Morgan fingerprint density at radius 2 is 1.91 bits per heavy atom. The average Bonchev–Trinajstić information content (AvgIpc) is 2.55. The maximum absolute atomic E-state index is 12.1. The van der Waals surface area contributed by atoms with Crippen LogP contribution in [0.15, 0.2) is 24.3 Å². The van der Waals surface area contributed by atoms with Crippen LogP contribution in [0.5, 0.6) is 0 Å². The lowest BCUT2D eigenvalue weighted by molar-refractivity contribution is -0.145. The van der Waals surface area contributed by atoms with Crippen molar-refractivity contribution in [3.63, 3.8) is 0 Å². The highest BCUT2D eigenvalue weighted by atomic mass is 32.2. The van der Waals surface area contributed by atoms with Crippen LogP contribution in [0.4, 0.5) is 0 Å². The summed E-state index contributed by atoms with van der Waals surface area (Å²) in [6, 6.07) is 9.41. The highest BCUT2D eigenvalue weighted by Gasteiger charge is 2.26. The lowest BCUT2D eigenvalue weighted by Crippen LogP contribution is -2.41. The Balaban J connectivity index is 1.72. The smallest absolute Gasteiger partial charge is 0.306 e. The molecule has 0 aliphatic carbocycles. The number of aliphatic carboxylic acids is 1. The second-order valence-electron chi connectivity index (χ2n) is 5.29. The molecule has 1 fully saturated rings. The van der Waals surface area contributed by atoms with Crippen molar-refractivity contribution in [2.75, 3.05) is 18.8 Å². The van der Waals surface area contributed by atoms with Crippen LogP contribution in [0.25, 0.3) is 0 Å². The van der Waals surface area contributed by atoms with Gasteiger partial charge in [0.2, 0.25) is 5.91 Å². The monoisotopic (exact) mass is 318 g/mol. The van der Waals surface area contributed by atoms with Gasteiger partial charge >= 0.3 is 5.97 Å². The maximum atomic E-state index is 12.1. The van der Waals surface area contributed by atoms with Gasteiger partial charge in [-0.15, -0.1) is 11.8 Å². The van der Waals surface area contributed by atoms with E-state index in [2.05, 4.69) is 6.07 Å². The van der Waals surface area contributed by atoms with Crippen LogP contribution in [-0.2, 0) is 15.3 Å². The summed E-state index contributed by atoms with van der Waals surface area (Å²) in [4.78, 5) is 24.7. The summed E-state index contributed by atoms with van der Waals surface area (Å²) in [5.41, 5.74) is 1.72. The van der Waals surface area contributed by atoms with Crippen molar-refractivity contribution in [3.05, 3.63) is 35.4 Å². The van der Waals surface area contributed by atoms with Gasteiger partial charge in [0.25, 0.3) is 0 Å². The summed E-state index contributed by atoms with van der Waals surface area (Å²) in [5.74, 6) is 0.126. The first-order valence-corrected chi connectivity index (χ1v) is 8.33. The van der Waals surface area contributed by atoms with Crippen LogP contribution in [-0.4, -0.2) is 40.7 Å². The molecule has 0 spiro atoms. The number of hydrogen-bond acceptors (Lipinski definition) is 4. The molecule has 1 heterocycles. The number of likely N-dealkylation sites (tertiary alicyclic amines) is 1. The van der Waals surface area contributed by atoms with Gasteiger partial charge in [0.1, 0.15) is 0 Å². The van der Waals surface area contributed by atoms with Crippen molar-refractivity contribution in [1.82, 2.24) is 4.90 Å². The number of nitriles is 1. The largest absolute Gasteiger partial charge is 0.481 e. The lowest BCUT2D eigenvalue weighted by Gasteiger charge is -2.30. The third kappa shape index (κ3) is 4.50. The Morgan fingerprint density at radius 1 is 1.27 bits per heavy atom. The van der Waals surface area contributed by atoms with E-state index in [1.165, 1.54) is 11.8 Å². The first-order valence-electron chi connectivity index (χ1n) is 7.17. The number of benzene rings is 1. The molecule has 0 saturated carbocycles. The molecule has 5 nitrogen and oxygen atoms in total. The van der Waals surface area contributed by atoms with Gasteiger partial charge in [-0.2, -0.15) is 5.26 Å². The number of carbonyl (C=O) groups excluding carboxylic acids is 1. The molecule has 0 unspecified atom stereocenters. The molecule has 1 N–H and O–H groups in total. The first kappa shape index (κ1) is 16.4. The molecular weight excluding hydrogens is 300 g/mol. The van der Waals surface area contributed by atoms with Crippen LogP contribution >= 0.6 is 11.8 Å². The molecule has 0 atom stereocenters. The number of thioether (sulfide) groups is 1. The molecule has 116 valence electrons. The van der Waals surface area contributed by atoms with Gasteiger partial charge in [-0.3, -0.25) is 9.59 Å². The molecule has 1 amide bonds. The third-order valence-corrected chi connectivity index (χ3v) is 4.76. The molecule has 1 aromatic carbocycles. The Morgan fingerprint density at radius 3 is 2.45 bits per heavy atom. The minimum atomic E-state index is -0.762. The minimum absolute atomic E-state index is 0.0717. The van der Waals surface area contributed by atoms with Gasteiger partial charge in [-0.25, -0.2) is 0 Å². The predicted molar refractivity (Wildman–Crippen MR) is 84.3 cm³/mol. The van der Waals surface area contributed by atoms with Gasteiger partial charge in [-0.05, 0) is 30.5 Å². The molecule has 1 saturated heterocycles. The zero-order valence-corrected chi connectivity index (χ0v) is 13.0. The van der Waals surface area contributed by atoms with Gasteiger partial charge in [-0.1, -0.05) is 12.1 Å². The first-order chi connectivity index (χ1) is 10.6. The topological polar surface area (TPSA) is 81.4 Å². The summed E-state index contributed by atoms with van der Waals surface area (Å²) in [6.07, 6.45) is 1.09. The van der Waals surface area contributed by atoms with Crippen molar-refractivity contribution in [2.45, 2.75) is 18.6 Å². The SMILES string of the molecule is N#Cc1ccc(CSCC(=O)N2CCC(C(=O)O)CC2)cc1. The standard InChI is InChI=1S/C16H18N2O3S/c17-9-12-1-3-13(4-2-12)10-22-11-15(19)18-7-5-14(6-8-18)16(20)21/h1-4,14H,5-8,10-11H2,(H,20,21). The number of piperidine rings is 1. The molecule has 0 bridgehead atoms. The van der Waals surface area contributed by atoms with Crippen molar-refractivity contribution in [2.24, 2.45) is 5.92 Å². The van der Waals surface area contributed by atoms with Gasteiger partial charge in [0.05, 0.1) is 23.3 Å². The summed E-state index contributed by atoms with van der Waals surface area (Å²) < 4.78 is 0. The molecule has 1 aromatic rings. The Kier molecular flexibility index (Phi) is 5.84. The number of nitrogens with zero attached hydrogens (tertiary/aromatic N) is 2. The quantitative estimate of drug-likeness (QED) is 0.899. The minimum Gasteiger partial charge on any atom is -0.481 e. The summed E-state index contributed by atoms with van der Waals surface area (Å²) >= 11 is 1.54. The van der Waals surface area contributed by atoms with Gasteiger partial charge < -0.3 is 10.0 Å². The van der Waals surface area contributed by atoms with E-state index >= 15 is 0 Å². The second kappa shape index (κ2) is 7.85. The van der Waals surface area contributed by atoms with E-state index < -0.39 is 5.97 Å². The van der Waals surface area contributed by atoms with E-state index in [1.807, 2.05) is 12.1 Å². The van der Waals surface area contributed by atoms with E-state index in [-0.39, 0.29) is 11.8 Å². The molecular formula is C16H18N2O3S. The number of amides is 1. The highest BCUT2D eigenvalue weighted by molar-refractivity contribution is 7.99. The van der Waals surface area contributed by atoms with Crippen molar-refractivity contribution in [1.29, 1.82) is 5.26 Å². The molecule has 22 heavy (non-hydrogen) atoms. The van der Waals surface area contributed by atoms with Gasteiger partial charge in [0, 0.05) is 18.8 Å². The molecule has 0 radical (unpaired) electrons. The third-order valence-electron chi connectivity index (χ3n) is 3.77. The Hall–Kier alpha value is -2.00.